The Bertz CT molecular complexity index is 1160. The van der Waals surface area contributed by atoms with Gasteiger partial charge in [0.15, 0.2) is 0 Å². The number of rotatable bonds is 10. The lowest BCUT2D eigenvalue weighted by molar-refractivity contribution is -0.119. The van der Waals surface area contributed by atoms with E-state index in [2.05, 4.69) is 34.6 Å². The van der Waals surface area contributed by atoms with Gasteiger partial charge >= 0.3 is 0 Å². The summed E-state index contributed by atoms with van der Waals surface area (Å²) in [5.74, 6) is 0.166. The van der Waals surface area contributed by atoms with Gasteiger partial charge in [0.25, 0.3) is 5.91 Å². The molecule has 0 N–H and O–H groups in total. The first-order valence-electron chi connectivity index (χ1n) is 14.1. The molecule has 1 saturated heterocycles. The van der Waals surface area contributed by atoms with E-state index in [1.54, 1.807) is 0 Å². The number of nitrogens with zero attached hydrogens (tertiary/aromatic N) is 4. The first kappa shape index (κ1) is 26.4. The van der Waals surface area contributed by atoms with Crippen LogP contribution in [0.1, 0.15) is 52.7 Å². The monoisotopic (exact) mass is 512 g/mol. The van der Waals surface area contributed by atoms with Crippen molar-refractivity contribution in [2.75, 3.05) is 50.7 Å². The molecule has 2 aromatic rings. The maximum Gasteiger partial charge on any atom is 0.254 e. The van der Waals surface area contributed by atoms with Gasteiger partial charge in [0, 0.05) is 37.4 Å². The SMILES string of the molecule is C=CCCN1CC(=O)N(Cc2ccc(C(=O)N3CC=CC3)cc2)c2cc(CCCN3CCCC3)ccc2C1. The third-order valence-electron chi connectivity index (χ3n) is 7.93. The molecule has 3 heterocycles. The number of aryl methyl sites for hydroxylation is 1. The number of anilines is 1. The summed E-state index contributed by atoms with van der Waals surface area (Å²) in [4.78, 5) is 34.9. The van der Waals surface area contributed by atoms with Crippen LogP contribution >= 0.6 is 0 Å². The summed E-state index contributed by atoms with van der Waals surface area (Å²) in [7, 11) is 0. The van der Waals surface area contributed by atoms with Crippen molar-refractivity contribution in [3.8, 4) is 0 Å². The number of amides is 2. The lowest BCUT2D eigenvalue weighted by Gasteiger charge is -2.24. The third kappa shape index (κ3) is 6.43. The van der Waals surface area contributed by atoms with E-state index >= 15 is 0 Å². The fourth-order valence-corrected chi connectivity index (χ4v) is 5.74. The van der Waals surface area contributed by atoms with Gasteiger partial charge in [-0.05, 0) is 86.6 Å². The van der Waals surface area contributed by atoms with Crippen molar-refractivity contribution in [3.05, 3.63) is 89.5 Å². The van der Waals surface area contributed by atoms with Crippen LogP contribution in [0.25, 0.3) is 0 Å². The number of hydrogen-bond acceptors (Lipinski definition) is 4. The molecule has 5 rings (SSSR count). The highest BCUT2D eigenvalue weighted by Crippen LogP contribution is 2.29. The molecule has 3 aliphatic heterocycles. The second-order valence-corrected chi connectivity index (χ2v) is 10.8. The van der Waals surface area contributed by atoms with Crippen LogP contribution in [-0.4, -0.2) is 72.3 Å². The molecule has 38 heavy (non-hydrogen) atoms. The Balaban J connectivity index is 1.33. The Morgan fingerprint density at radius 1 is 0.895 bits per heavy atom. The largest absolute Gasteiger partial charge is 0.331 e. The van der Waals surface area contributed by atoms with Gasteiger partial charge in [-0.1, -0.05) is 42.5 Å². The molecule has 0 bridgehead atoms. The number of carbonyl (C=O) groups excluding carboxylic acids is 2. The van der Waals surface area contributed by atoms with Gasteiger partial charge in [0.2, 0.25) is 5.91 Å². The number of likely N-dealkylation sites (tertiary alicyclic amines) is 1. The summed E-state index contributed by atoms with van der Waals surface area (Å²) < 4.78 is 0. The Kier molecular flexibility index (Phi) is 8.72. The second kappa shape index (κ2) is 12.5. The summed E-state index contributed by atoms with van der Waals surface area (Å²) in [6.07, 6.45) is 11.6. The highest BCUT2D eigenvalue weighted by atomic mass is 16.2. The van der Waals surface area contributed by atoms with Crippen molar-refractivity contribution in [2.24, 2.45) is 0 Å². The predicted octanol–water partition coefficient (Wildman–Crippen LogP) is 4.65. The maximum absolute atomic E-state index is 13.6. The smallest absolute Gasteiger partial charge is 0.254 e. The van der Waals surface area contributed by atoms with Crippen molar-refractivity contribution >= 4 is 17.5 Å². The zero-order chi connectivity index (χ0) is 26.3. The van der Waals surface area contributed by atoms with E-state index in [1.165, 1.54) is 37.1 Å². The number of hydrogen-bond donors (Lipinski definition) is 0. The van der Waals surface area contributed by atoms with Crippen LogP contribution in [0, 0.1) is 0 Å². The summed E-state index contributed by atoms with van der Waals surface area (Å²) in [6.45, 7) is 11.3. The normalized spacial score (nSPS) is 18.2. The van der Waals surface area contributed by atoms with E-state index in [4.69, 9.17) is 0 Å². The van der Waals surface area contributed by atoms with E-state index in [-0.39, 0.29) is 11.8 Å². The van der Waals surface area contributed by atoms with Gasteiger partial charge in [0.1, 0.15) is 0 Å². The van der Waals surface area contributed by atoms with Gasteiger partial charge in [-0.25, -0.2) is 0 Å². The minimum atomic E-state index is 0.0502. The van der Waals surface area contributed by atoms with Crippen LogP contribution in [0.3, 0.4) is 0 Å². The van der Waals surface area contributed by atoms with Crippen molar-refractivity contribution in [3.63, 3.8) is 0 Å². The Labute approximate surface area is 227 Å². The first-order valence-corrected chi connectivity index (χ1v) is 14.1. The molecule has 6 heteroatoms. The van der Waals surface area contributed by atoms with E-state index in [0.717, 1.165) is 50.1 Å². The lowest BCUT2D eigenvalue weighted by Crippen LogP contribution is -2.37. The van der Waals surface area contributed by atoms with Gasteiger partial charge in [-0.2, -0.15) is 0 Å². The molecule has 2 amide bonds. The Morgan fingerprint density at radius 3 is 2.37 bits per heavy atom. The quantitative estimate of drug-likeness (QED) is 0.435. The number of carbonyl (C=O) groups is 2. The average molecular weight is 513 g/mol. The zero-order valence-electron chi connectivity index (χ0n) is 22.5. The summed E-state index contributed by atoms with van der Waals surface area (Å²) in [6, 6.07) is 14.5. The molecule has 1 fully saturated rings. The molecule has 3 aliphatic rings. The van der Waals surface area contributed by atoms with Gasteiger partial charge < -0.3 is 14.7 Å². The van der Waals surface area contributed by atoms with E-state index in [0.29, 0.717) is 31.7 Å². The fourth-order valence-electron chi connectivity index (χ4n) is 5.74. The van der Waals surface area contributed by atoms with Gasteiger partial charge in [-0.3, -0.25) is 14.5 Å². The van der Waals surface area contributed by atoms with E-state index < -0.39 is 0 Å². The second-order valence-electron chi connectivity index (χ2n) is 10.8. The Morgan fingerprint density at radius 2 is 1.63 bits per heavy atom. The molecule has 2 aromatic carbocycles. The van der Waals surface area contributed by atoms with Crippen molar-refractivity contribution in [1.82, 2.24) is 14.7 Å². The summed E-state index contributed by atoms with van der Waals surface area (Å²) in [5.41, 5.74) is 5.23. The van der Waals surface area contributed by atoms with E-state index in [1.807, 2.05) is 52.3 Å². The highest BCUT2D eigenvalue weighted by Gasteiger charge is 2.27. The molecular formula is C32H40N4O2. The van der Waals surface area contributed by atoms with Crippen LogP contribution in [0.5, 0.6) is 0 Å². The summed E-state index contributed by atoms with van der Waals surface area (Å²) >= 11 is 0. The highest BCUT2D eigenvalue weighted by molar-refractivity contribution is 5.96. The van der Waals surface area contributed by atoms with Crippen LogP contribution in [-0.2, 0) is 24.3 Å². The van der Waals surface area contributed by atoms with Crippen molar-refractivity contribution in [1.29, 1.82) is 0 Å². The number of benzene rings is 2. The average Bonchev–Trinajstić information content (AvgIpc) is 3.64. The molecule has 0 atom stereocenters. The molecule has 6 nitrogen and oxygen atoms in total. The molecule has 0 aliphatic carbocycles. The van der Waals surface area contributed by atoms with Crippen LogP contribution in [0.2, 0.25) is 0 Å². The maximum atomic E-state index is 13.6. The third-order valence-corrected chi connectivity index (χ3v) is 7.93. The first-order chi connectivity index (χ1) is 18.6. The van der Waals surface area contributed by atoms with Gasteiger partial charge in [-0.15, -0.1) is 6.58 Å². The molecule has 200 valence electrons. The molecule has 0 spiro atoms. The fraction of sp³-hybridized carbons (Fsp3) is 0.438. The Hall–Kier alpha value is -3.22. The molecule has 0 unspecified atom stereocenters. The zero-order valence-corrected chi connectivity index (χ0v) is 22.5. The minimum absolute atomic E-state index is 0.0502. The standard InChI is InChI=1S/C32H40N4O2/c1-2-3-16-34-24-29-15-10-26(9-8-19-33-17-4-5-18-33)22-30(29)36(31(37)25-34)23-27-11-13-28(14-12-27)32(38)35-20-6-7-21-35/h2,6-7,10-15,22H,1,3-5,8-9,16-21,23-25H2. The minimum Gasteiger partial charge on any atom is -0.331 e. The lowest BCUT2D eigenvalue weighted by atomic mass is 10.0. The van der Waals surface area contributed by atoms with Gasteiger partial charge in [0.05, 0.1) is 13.1 Å². The molecular weight excluding hydrogens is 472 g/mol. The van der Waals surface area contributed by atoms with Crippen molar-refractivity contribution in [2.45, 2.75) is 45.2 Å². The molecule has 0 saturated carbocycles. The van der Waals surface area contributed by atoms with Crippen LogP contribution in [0.4, 0.5) is 5.69 Å². The van der Waals surface area contributed by atoms with Crippen LogP contribution < -0.4 is 4.90 Å². The summed E-state index contributed by atoms with van der Waals surface area (Å²) in [5, 5.41) is 0. The molecule has 0 aromatic heterocycles. The van der Waals surface area contributed by atoms with Crippen LogP contribution in [0.15, 0.2) is 67.3 Å². The number of fused-ring (bicyclic) bond motifs is 1. The van der Waals surface area contributed by atoms with E-state index in [9.17, 15) is 9.59 Å². The topological polar surface area (TPSA) is 47.1 Å². The van der Waals surface area contributed by atoms with Crippen molar-refractivity contribution < 1.29 is 9.59 Å². The predicted molar refractivity (Wildman–Crippen MR) is 153 cm³/mol. The molecule has 0 radical (unpaired) electrons.